The molecule has 1 rings (SSSR count). The lowest BCUT2D eigenvalue weighted by atomic mass is 10.1. The van der Waals surface area contributed by atoms with E-state index in [0.29, 0.717) is 6.54 Å². The predicted octanol–water partition coefficient (Wildman–Crippen LogP) is 2.64. The summed E-state index contributed by atoms with van der Waals surface area (Å²) in [6.07, 6.45) is 0. The molecule has 0 spiro atoms. The van der Waals surface area contributed by atoms with Crippen LogP contribution >= 0.6 is 28.3 Å². The minimum Gasteiger partial charge on any atom is -0.349 e. The molecule has 5 heteroatoms. The Morgan fingerprint density at radius 1 is 1.47 bits per heavy atom. The fraction of sp³-hybridized carbons (Fsp3) is 0.417. The SMILES string of the molecule is CC(CN)C(=O)NC(C)c1cccc(Br)c1.Cl. The Bertz CT molecular complexity index is 373. The molecule has 0 fully saturated rings. The Kier molecular flexibility index (Phi) is 7.43. The van der Waals surface area contributed by atoms with Gasteiger partial charge >= 0.3 is 0 Å². The van der Waals surface area contributed by atoms with E-state index in [0.717, 1.165) is 10.0 Å². The Hall–Kier alpha value is -0.580. The minimum atomic E-state index is -0.144. The van der Waals surface area contributed by atoms with Gasteiger partial charge in [-0.25, -0.2) is 0 Å². The summed E-state index contributed by atoms with van der Waals surface area (Å²) in [7, 11) is 0. The van der Waals surface area contributed by atoms with E-state index in [1.807, 2.05) is 38.1 Å². The Labute approximate surface area is 117 Å². The second kappa shape index (κ2) is 7.69. The van der Waals surface area contributed by atoms with Crippen LogP contribution in [0.1, 0.15) is 25.5 Å². The Morgan fingerprint density at radius 2 is 2.12 bits per heavy atom. The van der Waals surface area contributed by atoms with E-state index < -0.39 is 0 Å². The first kappa shape index (κ1) is 16.4. The highest BCUT2D eigenvalue weighted by molar-refractivity contribution is 9.10. The zero-order chi connectivity index (χ0) is 12.1. The van der Waals surface area contributed by atoms with Crippen molar-refractivity contribution in [2.24, 2.45) is 11.7 Å². The lowest BCUT2D eigenvalue weighted by molar-refractivity contribution is -0.124. The van der Waals surface area contributed by atoms with E-state index in [2.05, 4.69) is 21.2 Å². The molecule has 1 aromatic rings. The average Bonchev–Trinajstić information content (AvgIpc) is 2.27. The fourth-order valence-corrected chi connectivity index (χ4v) is 1.74. The average molecular weight is 322 g/mol. The van der Waals surface area contributed by atoms with E-state index in [1.54, 1.807) is 0 Å². The zero-order valence-corrected chi connectivity index (χ0v) is 12.3. The van der Waals surface area contributed by atoms with Crippen molar-refractivity contribution in [1.82, 2.24) is 5.32 Å². The van der Waals surface area contributed by atoms with Gasteiger partial charge in [-0.3, -0.25) is 4.79 Å². The smallest absolute Gasteiger partial charge is 0.224 e. The van der Waals surface area contributed by atoms with Crippen LogP contribution < -0.4 is 11.1 Å². The maximum atomic E-state index is 11.6. The molecule has 0 saturated heterocycles. The molecule has 0 heterocycles. The van der Waals surface area contributed by atoms with E-state index in [1.165, 1.54) is 0 Å². The highest BCUT2D eigenvalue weighted by atomic mass is 79.9. The van der Waals surface area contributed by atoms with Crippen molar-refractivity contribution in [3.63, 3.8) is 0 Å². The molecule has 0 aromatic heterocycles. The number of rotatable bonds is 4. The van der Waals surface area contributed by atoms with E-state index in [9.17, 15) is 4.79 Å². The van der Waals surface area contributed by atoms with E-state index in [-0.39, 0.29) is 30.3 Å². The third-order valence-corrected chi connectivity index (χ3v) is 3.00. The molecule has 3 N–H and O–H groups in total. The fourth-order valence-electron chi connectivity index (χ4n) is 1.32. The van der Waals surface area contributed by atoms with Gasteiger partial charge in [0, 0.05) is 16.9 Å². The number of hydrogen-bond acceptors (Lipinski definition) is 2. The molecule has 0 bridgehead atoms. The van der Waals surface area contributed by atoms with Crippen LogP contribution in [0.4, 0.5) is 0 Å². The van der Waals surface area contributed by atoms with Crippen LogP contribution in [0.2, 0.25) is 0 Å². The first-order valence-electron chi connectivity index (χ1n) is 5.30. The summed E-state index contributed by atoms with van der Waals surface area (Å²) in [5.74, 6) is -0.149. The monoisotopic (exact) mass is 320 g/mol. The summed E-state index contributed by atoms with van der Waals surface area (Å²) in [5.41, 5.74) is 6.52. The number of carbonyl (C=O) groups excluding carboxylic acids is 1. The minimum absolute atomic E-state index is 0. The molecule has 1 amide bonds. The molecule has 1 aromatic carbocycles. The largest absolute Gasteiger partial charge is 0.349 e. The van der Waals surface area contributed by atoms with Crippen molar-refractivity contribution in [3.8, 4) is 0 Å². The van der Waals surface area contributed by atoms with Gasteiger partial charge in [0.05, 0.1) is 6.04 Å². The molecule has 0 saturated carbocycles. The predicted molar refractivity (Wildman–Crippen MR) is 76.2 cm³/mol. The zero-order valence-electron chi connectivity index (χ0n) is 9.94. The number of nitrogens with one attached hydrogen (secondary N) is 1. The number of amides is 1. The van der Waals surface area contributed by atoms with Crippen molar-refractivity contribution in [1.29, 1.82) is 0 Å². The van der Waals surface area contributed by atoms with Crippen LogP contribution in [0.5, 0.6) is 0 Å². The van der Waals surface area contributed by atoms with Crippen molar-refractivity contribution in [2.45, 2.75) is 19.9 Å². The van der Waals surface area contributed by atoms with Crippen LogP contribution in [-0.2, 0) is 4.79 Å². The summed E-state index contributed by atoms with van der Waals surface area (Å²) in [5, 5.41) is 2.93. The number of halogens is 2. The van der Waals surface area contributed by atoms with Crippen LogP contribution in [0.15, 0.2) is 28.7 Å². The second-order valence-corrected chi connectivity index (χ2v) is 4.84. The molecule has 3 nitrogen and oxygen atoms in total. The lowest BCUT2D eigenvalue weighted by Gasteiger charge is -2.17. The summed E-state index contributed by atoms with van der Waals surface area (Å²) in [6.45, 7) is 4.16. The van der Waals surface area contributed by atoms with Crippen LogP contribution in [0.3, 0.4) is 0 Å². The number of carbonyl (C=O) groups is 1. The highest BCUT2D eigenvalue weighted by Gasteiger charge is 2.14. The highest BCUT2D eigenvalue weighted by Crippen LogP contribution is 2.18. The van der Waals surface area contributed by atoms with Gasteiger partial charge in [0.15, 0.2) is 0 Å². The number of benzene rings is 1. The topological polar surface area (TPSA) is 55.1 Å². The lowest BCUT2D eigenvalue weighted by Crippen LogP contribution is -2.34. The van der Waals surface area contributed by atoms with Gasteiger partial charge in [0.2, 0.25) is 5.91 Å². The van der Waals surface area contributed by atoms with Crippen molar-refractivity contribution < 1.29 is 4.79 Å². The van der Waals surface area contributed by atoms with Crippen molar-refractivity contribution in [3.05, 3.63) is 34.3 Å². The van der Waals surface area contributed by atoms with Gasteiger partial charge in [-0.2, -0.15) is 0 Å². The molecule has 0 radical (unpaired) electrons. The van der Waals surface area contributed by atoms with Crippen LogP contribution in [0, 0.1) is 5.92 Å². The standard InChI is InChI=1S/C12H17BrN2O.ClH/c1-8(7-14)12(16)15-9(2)10-4-3-5-11(13)6-10;/h3-6,8-9H,7,14H2,1-2H3,(H,15,16);1H. The van der Waals surface area contributed by atoms with Gasteiger partial charge < -0.3 is 11.1 Å². The summed E-state index contributed by atoms with van der Waals surface area (Å²) in [6, 6.07) is 7.90. The van der Waals surface area contributed by atoms with Crippen LogP contribution in [-0.4, -0.2) is 12.5 Å². The third-order valence-electron chi connectivity index (χ3n) is 2.51. The molecule has 2 atom stereocenters. The molecular formula is C12H18BrClN2O. The number of nitrogens with two attached hydrogens (primary N) is 1. The first-order valence-corrected chi connectivity index (χ1v) is 6.09. The third kappa shape index (κ3) is 5.06. The quantitative estimate of drug-likeness (QED) is 0.896. The maximum Gasteiger partial charge on any atom is 0.224 e. The summed E-state index contributed by atoms with van der Waals surface area (Å²) in [4.78, 5) is 11.6. The summed E-state index contributed by atoms with van der Waals surface area (Å²) >= 11 is 3.41. The normalized spacial score (nSPS) is 13.4. The van der Waals surface area contributed by atoms with E-state index in [4.69, 9.17) is 5.73 Å². The molecular weight excluding hydrogens is 304 g/mol. The Balaban J connectivity index is 0.00000256. The first-order chi connectivity index (χ1) is 7.54. The van der Waals surface area contributed by atoms with Gasteiger partial charge in [0.1, 0.15) is 0 Å². The molecule has 2 unspecified atom stereocenters. The Morgan fingerprint density at radius 3 is 2.65 bits per heavy atom. The van der Waals surface area contributed by atoms with Gasteiger partial charge in [0.25, 0.3) is 0 Å². The molecule has 0 aliphatic heterocycles. The van der Waals surface area contributed by atoms with Gasteiger partial charge in [-0.1, -0.05) is 35.0 Å². The summed E-state index contributed by atoms with van der Waals surface area (Å²) < 4.78 is 1.01. The van der Waals surface area contributed by atoms with Crippen molar-refractivity contribution in [2.75, 3.05) is 6.54 Å². The molecule has 0 aliphatic rings. The number of hydrogen-bond donors (Lipinski definition) is 2. The second-order valence-electron chi connectivity index (χ2n) is 3.92. The molecule has 17 heavy (non-hydrogen) atoms. The van der Waals surface area contributed by atoms with Crippen LogP contribution in [0.25, 0.3) is 0 Å². The molecule has 96 valence electrons. The van der Waals surface area contributed by atoms with E-state index >= 15 is 0 Å². The van der Waals surface area contributed by atoms with Gasteiger partial charge in [-0.15, -0.1) is 12.4 Å². The molecule has 0 aliphatic carbocycles. The van der Waals surface area contributed by atoms with Gasteiger partial charge in [-0.05, 0) is 24.6 Å². The van der Waals surface area contributed by atoms with Crippen molar-refractivity contribution >= 4 is 34.2 Å². The maximum absolute atomic E-state index is 11.6.